The van der Waals surface area contributed by atoms with Gasteiger partial charge in [0.2, 0.25) is 0 Å². The highest BCUT2D eigenvalue weighted by Gasteiger charge is 2.10. The highest BCUT2D eigenvalue weighted by Crippen LogP contribution is 2.21. The number of hydrogen-bond donors (Lipinski definition) is 3. The third kappa shape index (κ3) is 6.64. The lowest BCUT2D eigenvalue weighted by Gasteiger charge is -2.12. The van der Waals surface area contributed by atoms with Crippen molar-refractivity contribution in [1.82, 2.24) is 16.2 Å². The van der Waals surface area contributed by atoms with Gasteiger partial charge in [0.15, 0.2) is 11.7 Å². The summed E-state index contributed by atoms with van der Waals surface area (Å²) in [6, 6.07) is 12.5. The number of methoxy groups -OCH3 is 1. The van der Waals surface area contributed by atoms with Gasteiger partial charge in [-0.1, -0.05) is 19.1 Å². The zero-order valence-corrected chi connectivity index (χ0v) is 18.3. The molecule has 2 aromatic rings. The predicted octanol–water partition coefficient (Wildman–Crippen LogP) is 2.58. The first-order valence-electron chi connectivity index (χ1n) is 8.38. The summed E-state index contributed by atoms with van der Waals surface area (Å²) in [4.78, 5) is 24.0. The second-order valence-corrected chi connectivity index (χ2v) is 7.16. The molecule has 7 nitrogen and oxygen atoms in total. The number of hydrazine groups is 1. The molecular weight excluding hydrogens is 493 g/mol. The molecule has 9 heteroatoms. The first-order chi connectivity index (χ1) is 13.4. The van der Waals surface area contributed by atoms with E-state index in [2.05, 4.69) is 45.7 Å². The molecule has 0 fully saturated rings. The van der Waals surface area contributed by atoms with Crippen molar-refractivity contribution in [2.75, 3.05) is 13.7 Å². The maximum absolute atomic E-state index is 12.1. The van der Waals surface area contributed by atoms with Gasteiger partial charge in [-0.15, -0.1) is 0 Å². The number of ether oxygens (including phenoxy) is 2. The Hall–Kier alpha value is -2.40. The lowest BCUT2D eigenvalue weighted by atomic mass is 10.2. The number of thiocarbonyl (C=S) groups is 1. The lowest BCUT2D eigenvalue weighted by molar-refractivity contribution is -0.121. The number of rotatable bonds is 6. The molecule has 0 saturated heterocycles. The van der Waals surface area contributed by atoms with Crippen molar-refractivity contribution in [3.8, 4) is 11.5 Å². The molecule has 0 aromatic heterocycles. The van der Waals surface area contributed by atoms with Crippen molar-refractivity contribution in [3.05, 3.63) is 57.2 Å². The molecule has 0 heterocycles. The average molecular weight is 513 g/mol. The first-order valence-corrected chi connectivity index (χ1v) is 9.87. The first kappa shape index (κ1) is 21.9. The van der Waals surface area contributed by atoms with E-state index >= 15 is 0 Å². The van der Waals surface area contributed by atoms with Crippen LogP contribution in [0.1, 0.15) is 22.8 Å². The van der Waals surface area contributed by atoms with Gasteiger partial charge in [0.05, 0.1) is 10.7 Å². The molecule has 2 aromatic carbocycles. The van der Waals surface area contributed by atoms with E-state index in [1.807, 2.05) is 12.1 Å². The summed E-state index contributed by atoms with van der Waals surface area (Å²) < 4.78 is 11.4. The largest absolute Gasteiger partial charge is 0.496 e. The van der Waals surface area contributed by atoms with E-state index in [-0.39, 0.29) is 11.7 Å². The third-order valence-corrected chi connectivity index (χ3v) is 4.71. The summed E-state index contributed by atoms with van der Waals surface area (Å²) in [6.07, 6.45) is 0.933. The van der Waals surface area contributed by atoms with Crippen LogP contribution in [0.2, 0.25) is 0 Å². The van der Waals surface area contributed by atoms with Crippen LogP contribution < -0.4 is 25.6 Å². The molecule has 0 unspecified atom stereocenters. The molecule has 0 aliphatic rings. The van der Waals surface area contributed by atoms with Crippen LogP contribution in [0.25, 0.3) is 0 Å². The molecule has 148 valence electrons. The minimum atomic E-state index is -0.440. The third-order valence-electron chi connectivity index (χ3n) is 3.66. The fourth-order valence-corrected chi connectivity index (χ4v) is 3.06. The van der Waals surface area contributed by atoms with E-state index in [9.17, 15) is 9.59 Å². The Balaban J connectivity index is 1.75. The normalized spacial score (nSPS) is 9.96. The van der Waals surface area contributed by atoms with Crippen molar-refractivity contribution >= 4 is 51.7 Å². The monoisotopic (exact) mass is 513 g/mol. The molecule has 0 atom stereocenters. The Morgan fingerprint density at radius 1 is 1.11 bits per heavy atom. The molecule has 0 spiro atoms. The van der Waals surface area contributed by atoms with Gasteiger partial charge < -0.3 is 9.47 Å². The number of benzene rings is 2. The number of carbonyl (C=O) groups excluding carboxylic acids is 2. The number of hydrogen-bond acceptors (Lipinski definition) is 5. The molecule has 2 rings (SSSR count). The van der Waals surface area contributed by atoms with Crippen molar-refractivity contribution in [2.45, 2.75) is 13.3 Å². The quantitative estimate of drug-likeness (QED) is 0.313. The van der Waals surface area contributed by atoms with E-state index in [4.69, 9.17) is 21.7 Å². The summed E-state index contributed by atoms with van der Waals surface area (Å²) >= 11 is 7.07. The SMILES string of the molecule is CCc1ccc(OCC(=O)NC(=S)NNC(=O)c2ccc(OC)c(I)c2)cc1. The van der Waals surface area contributed by atoms with Crippen LogP contribution in [0.3, 0.4) is 0 Å². The van der Waals surface area contributed by atoms with Crippen LogP contribution in [0.15, 0.2) is 42.5 Å². The van der Waals surface area contributed by atoms with Crippen LogP contribution in [-0.2, 0) is 11.2 Å². The van der Waals surface area contributed by atoms with Crippen LogP contribution in [-0.4, -0.2) is 30.6 Å². The number of carbonyl (C=O) groups is 2. The number of aryl methyl sites for hydroxylation is 1. The van der Waals surface area contributed by atoms with Gasteiger partial charge in [-0.25, -0.2) is 0 Å². The van der Waals surface area contributed by atoms with Gasteiger partial charge in [-0.05, 0) is 77.1 Å². The minimum absolute atomic E-state index is 0.0357. The Bertz CT molecular complexity index is 859. The fourth-order valence-electron chi connectivity index (χ4n) is 2.16. The fraction of sp³-hybridized carbons (Fsp3) is 0.211. The molecular formula is C19H20IN3O4S. The Kier molecular flexibility index (Phi) is 8.45. The van der Waals surface area contributed by atoms with E-state index in [0.717, 1.165) is 9.99 Å². The summed E-state index contributed by atoms with van der Waals surface area (Å²) in [7, 11) is 1.56. The average Bonchev–Trinajstić information content (AvgIpc) is 2.70. The summed E-state index contributed by atoms with van der Waals surface area (Å²) in [5.74, 6) is 0.431. The van der Waals surface area contributed by atoms with Gasteiger partial charge in [0.25, 0.3) is 11.8 Å². The maximum Gasteiger partial charge on any atom is 0.269 e. The molecule has 2 amide bonds. The molecule has 3 N–H and O–H groups in total. The highest BCUT2D eigenvalue weighted by molar-refractivity contribution is 14.1. The molecule has 0 aliphatic carbocycles. The van der Waals surface area contributed by atoms with Crippen LogP contribution in [0.4, 0.5) is 0 Å². The molecule has 0 aliphatic heterocycles. The van der Waals surface area contributed by atoms with Crippen LogP contribution >= 0.6 is 34.8 Å². The highest BCUT2D eigenvalue weighted by atomic mass is 127. The lowest BCUT2D eigenvalue weighted by Crippen LogP contribution is -2.49. The van der Waals surface area contributed by atoms with E-state index < -0.39 is 11.8 Å². The van der Waals surface area contributed by atoms with E-state index in [1.165, 1.54) is 5.56 Å². The van der Waals surface area contributed by atoms with Gasteiger partial charge in [-0.3, -0.25) is 25.8 Å². The molecule has 0 saturated carbocycles. The Morgan fingerprint density at radius 3 is 2.43 bits per heavy atom. The zero-order valence-electron chi connectivity index (χ0n) is 15.4. The Labute approximate surface area is 182 Å². The second-order valence-electron chi connectivity index (χ2n) is 5.59. The van der Waals surface area contributed by atoms with Crippen molar-refractivity contribution < 1.29 is 19.1 Å². The van der Waals surface area contributed by atoms with Crippen molar-refractivity contribution in [2.24, 2.45) is 0 Å². The number of halogens is 1. The van der Waals surface area contributed by atoms with Gasteiger partial charge in [-0.2, -0.15) is 0 Å². The summed E-state index contributed by atoms with van der Waals surface area (Å²) in [5.41, 5.74) is 6.52. The maximum atomic E-state index is 12.1. The minimum Gasteiger partial charge on any atom is -0.496 e. The molecule has 0 radical (unpaired) electrons. The Morgan fingerprint density at radius 2 is 1.82 bits per heavy atom. The summed E-state index contributed by atoms with van der Waals surface area (Å²) in [5, 5.41) is 2.39. The smallest absolute Gasteiger partial charge is 0.269 e. The van der Waals surface area contributed by atoms with Gasteiger partial charge in [0, 0.05) is 5.56 Å². The zero-order chi connectivity index (χ0) is 20.5. The number of nitrogens with one attached hydrogen (secondary N) is 3. The van der Waals surface area contributed by atoms with Crippen molar-refractivity contribution in [3.63, 3.8) is 0 Å². The summed E-state index contributed by atoms with van der Waals surface area (Å²) in [6.45, 7) is 1.86. The van der Waals surface area contributed by atoms with Gasteiger partial charge >= 0.3 is 0 Å². The van der Waals surface area contributed by atoms with Crippen LogP contribution in [0.5, 0.6) is 11.5 Å². The van der Waals surface area contributed by atoms with E-state index in [1.54, 1.807) is 37.4 Å². The topological polar surface area (TPSA) is 88.7 Å². The molecule has 28 heavy (non-hydrogen) atoms. The van der Waals surface area contributed by atoms with Crippen LogP contribution in [0, 0.1) is 3.57 Å². The van der Waals surface area contributed by atoms with E-state index in [0.29, 0.717) is 17.1 Å². The molecule has 0 bridgehead atoms. The standard InChI is InChI=1S/C19H20IN3O4S/c1-3-12-4-7-14(8-5-12)27-11-17(24)21-19(28)23-22-18(25)13-6-9-16(26-2)15(20)10-13/h4-10H,3,11H2,1-2H3,(H,22,25)(H2,21,23,24,28). The van der Waals surface area contributed by atoms with Crippen molar-refractivity contribution in [1.29, 1.82) is 0 Å². The second kappa shape index (κ2) is 10.8. The van der Waals surface area contributed by atoms with Gasteiger partial charge in [0.1, 0.15) is 11.5 Å². The number of amides is 2. The predicted molar refractivity (Wildman–Crippen MR) is 118 cm³/mol.